The fourth-order valence-electron chi connectivity index (χ4n) is 7.07. The van der Waals surface area contributed by atoms with Crippen LogP contribution in [0.3, 0.4) is 0 Å². The highest BCUT2D eigenvalue weighted by atomic mass is 16.4. The molecule has 2 aromatic carbocycles. The number of hydrogen-bond acceptors (Lipinski definition) is 8. The van der Waals surface area contributed by atoms with Gasteiger partial charge in [-0.3, -0.25) is 4.79 Å². The number of aryl methyl sites for hydroxylation is 2. The third-order valence-corrected chi connectivity index (χ3v) is 9.92. The Hall–Kier alpha value is -3.05. The zero-order valence-electron chi connectivity index (χ0n) is 30.0. The van der Waals surface area contributed by atoms with Crippen LogP contribution in [0.1, 0.15) is 101 Å². The van der Waals surface area contributed by atoms with Crippen molar-refractivity contribution in [2.45, 2.75) is 134 Å². The molecule has 0 amide bonds. The molecule has 3 rings (SSSR count). The molecule has 6 atom stereocenters. The first-order valence-corrected chi connectivity index (χ1v) is 18.5. The largest absolute Gasteiger partial charge is 0.508 e. The lowest BCUT2D eigenvalue weighted by molar-refractivity contribution is -0.137. The molecular formula is C41H61NO8. The van der Waals surface area contributed by atoms with Gasteiger partial charge in [0.1, 0.15) is 5.75 Å². The van der Waals surface area contributed by atoms with Crippen molar-refractivity contribution in [2.75, 3.05) is 13.2 Å². The number of phenolic OH excluding ortho intramolecular Hbond substituents is 1. The summed E-state index contributed by atoms with van der Waals surface area (Å²) < 4.78 is 0. The van der Waals surface area contributed by atoms with Crippen molar-refractivity contribution in [2.24, 2.45) is 5.92 Å². The van der Waals surface area contributed by atoms with E-state index in [1.54, 1.807) is 37.3 Å². The predicted octanol–water partition coefficient (Wildman–Crippen LogP) is 5.38. The molecule has 9 heteroatoms. The summed E-state index contributed by atoms with van der Waals surface area (Å²) in [6, 6.07) is 14.9. The summed E-state index contributed by atoms with van der Waals surface area (Å²) in [5, 5.41) is 76.8. The van der Waals surface area contributed by atoms with E-state index in [1.807, 2.05) is 19.1 Å². The lowest BCUT2D eigenvalue weighted by atomic mass is 9.77. The Kier molecular flexibility index (Phi) is 17.7. The SMILES string of the molecule is CCCCC(O)C(O)C=CC1=C(CC(O)CO)C(NCC(C)(O)Cc2ccc(O)cc2)C(CCCCCC(=O)O)CCc2ccccc2CC1. The van der Waals surface area contributed by atoms with Crippen LogP contribution in [0.25, 0.3) is 0 Å². The number of hydrogen-bond donors (Lipinski definition) is 8. The van der Waals surface area contributed by atoms with Crippen molar-refractivity contribution in [3.8, 4) is 5.75 Å². The van der Waals surface area contributed by atoms with Crippen LogP contribution in [0, 0.1) is 5.92 Å². The van der Waals surface area contributed by atoms with Crippen LogP contribution < -0.4 is 5.32 Å². The third kappa shape index (κ3) is 14.3. The third-order valence-electron chi connectivity index (χ3n) is 9.92. The van der Waals surface area contributed by atoms with Crippen molar-refractivity contribution in [3.63, 3.8) is 0 Å². The lowest BCUT2D eigenvalue weighted by Gasteiger charge is -2.36. The van der Waals surface area contributed by atoms with Crippen LogP contribution in [0.15, 0.2) is 71.8 Å². The van der Waals surface area contributed by atoms with Gasteiger partial charge >= 0.3 is 5.97 Å². The molecule has 0 aromatic heterocycles. The zero-order chi connectivity index (χ0) is 36.5. The Bertz CT molecular complexity index is 1350. The van der Waals surface area contributed by atoms with Gasteiger partial charge in [-0.2, -0.15) is 0 Å². The van der Waals surface area contributed by atoms with Gasteiger partial charge in [0.15, 0.2) is 0 Å². The first kappa shape index (κ1) is 41.4. The molecule has 0 fully saturated rings. The second-order valence-electron chi connectivity index (χ2n) is 14.4. The molecule has 0 heterocycles. The number of benzene rings is 2. The average molecular weight is 696 g/mol. The van der Waals surface area contributed by atoms with Crippen molar-refractivity contribution in [1.29, 1.82) is 0 Å². The molecule has 9 nitrogen and oxygen atoms in total. The van der Waals surface area contributed by atoms with Gasteiger partial charge in [0, 0.05) is 25.4 Å². The van der Waals surface area contributed by atoms with E-state index in [1.165, 1.54) is 11.1 Å². The summed E-state index contributed by atoms with van der Waals surface area (Å²) in [6.07, 6.45) is 9.26. The van der Waals surface area contributed by atoms with Crippen molar-refractivity contribution >= 4 is 5.97 Å². The van der Waals surface area contributed by atoms with E-state index in [9.17, 15) is 40.5 Å². The molecule has 0 saturated carbocycles. The Morgan fingerprint density at radius 1 is 0.980 bits per heavy atom. The van der Waals surface area contributed by atoms with Gasteiger partial charge in [-0.05, 0) is 104 Å². The number of fused-ring (bicyclic) bond motifs is 1. The summed E-state index contributed by atoms with van der Waals surface area (Å²) in [7, 11) is 0. The van der Waals surface area contributed by atoms with E-state index in [-0.39, 0.29) is 37.1 Å². The molecule has 278 valence electrons. The molecule has 1 aliphatic carbocycles. The van der Waals surface area contributed by atoms with Gasteiger partial charge in [-0.25, -0.2) is 0 Å². The number of carboxylic acid groups (broad SMARTS) is 1. The summed E-state index contributed by atoms with van der Waals surface area (Å²) >= 11 is 0. The van der Waals surface area contributed by atoms with Gasteiger partial charge in [-0.15, -0.1) is 0 Å². The highest BCUT2D eigenvalue weighted by Crippen LogP contribution is 2.34. The lowest BCUT2D eigenvalue weighted by Crippen LogP contribution is -2.48. The number of rotatable bonds is 20. The van der Waals surface area contributed by atoms with Crippen LogP contribution in [-0.2, 0) is 24.1 Å². The molecule has 1 aliphatic rings. The predicted molar refractivity (Wildman–Crippen MR) is 197 cm³/mol. The maximum absolute atomic E-state index is 11.6. The Labute approximate surface area is 298 Å². The number of unbranched alkanes of at least 4 members (excludes halogenated alkanes) is 3. The van der Waals surface area contributed by atoms with E-state index in [0.717, 1.165) is 68.1 Å². The molecule has 50 heavy (non-hydrogen) atoms. The monoisotopic (exact) mass is 695 g/mol. The Morgan fingerprint density at radius 3 is 2.34 bits per heavy atom. The number of carbonyl (C=O) groups is 1. The molecule has 2 aromatic rings. The number of carboxylic acids is 1. The minimum absolute atomic E-state index is 0.0415. The number of phenols is 1. The maximum Gasteiger partial charge on any atom is 0.303 e. The van der Waals surface area contributed by atoms with E-state index < -0.39 is 36.5 Å². The smallest absolute Gasteiger partial charge is 0.303 e. The Balaban J connectivity index is 2.08. The number of aromatic hydroxyl groups is 1. The second-order valence-corrected chi connectivity index (χ2v) is 14.4. The van der Waals surface area contributed by atoms with Crippen molar-refractivity contribution < 1.29 is 40.5 Å². The number of nitrogens with one attached hydrogen (secondary N) is 1. The number of aliphatic hydroxyl groups excluding tert-OH is 4. The topological polar surface area (TPSA) is 171 Å². The number of allylic oxidation sites excluding steroid dienone is 2. The van der Waals surface area contributed by atoms with Gasteiger partial charge in [0.05, 0.1) is 30.5 Å². The second kappa shape index (κ2) is 21.3. The standard InChI is InChI=1S/C41H61NO8/c1-3-4-13-37(46)38(47)24-21-32-19-17-30-10-8-9-11-31(30)18-20-33(12-6-5-7-14-39(48)49)40(36(32)25-35(45)27-43)42-28-41(2,50)26-29-15-22-34(44)23-16-29/h8-11,15-16,21-24,33,35,37-38,40,42-47,50H,3-7,12-14,17-20,25-28H2,1-2H3,(H,48,49). The Morgan fingerprint density at radius 2 is 1.68 bits per heavy atom. The molecular weight excluding hydrogens is 634 g/mol. The van der Waals surface area contributed by atoms with Crippen LogP contribution >= 0.6 is 0 Å². The highest BCUT2D eigenvalue weighted by molar-refractivity contribution is 5.66. The summed E-state index contributed by atoms with van der Waals surface area (Å²) in [4.78, 5) is 11.2. The molecule has 6 unspecified atom stereocenters. The summed E-state index contributed by atoms with van der Waals surface area (Å²) in [5.41, 5.74) is 4.00. The van der Waals surface area contributed by atoms with E-state index in [4.69, 9.17) is 0 Å². The van der Waals surface area contributed by atoms with Crippen molar-refractivity contribution in [1.82, 2.24) is 5.32 Å². The maximum atomic E-state index is 11.6. The van der Waals surface area contributed by atoms with Crippen LogP contribution in [0.2, 0.25) is 0 Å². The zero-order valence-corrected chi connectivity index (χ0v) is 30.0. The molecule has 0 radical (unpaired) electrons. The minimum atomic E-state index is -1.17. The van der Waals surface area contributed by atoms with Gasteiger partial charge in [0.25, 0.3) is 0 Å². The fourth-order valence-corrected chi connectivity index (χ4v) is 7.07. The van der Waals surface area contributed by atoms with Gasteiger partial charge in [-0.1, -0.05) is 81.2 Å². The van der Waals surface area contributed by atoms with Crippen LogP contribution in [-0.4, -0.2) is 84.8 Å². The van der Waals surface area contributed by atoms with Gasteiger partial charge in [0.2, 0.25) is 0 Å². The molecule has 0 aliphatic heterocycles. The number of aliphatic carboxylic acids is 1. The van der Waals surface area contributed by atoms with E-state index in [2.05, 4.69) is 23.5 Å². The van der Waals surface area contributed by atoms with Crippen molar-refractivity contribution in [3.05, 3.63) is 88.5 Å². The summed E-state index contributed by atoms with van der Waals surface area (Å²) in [5.74, 6) is -0.612. The summed E-state index contributed by atoms with van der Waals surface area (Å²) in [6.45, 7) is 3.60. The molecule has 0 bridgehead atoms. The minimum Gasteiger partial charge on any atom is -0.508 e. The fraction of sp³-hybridized carbons (Fsp3) is 0.585. The average Bonchev–Trinajstić information content (AvgIpc) is 3.09. The molecule has 0 saturated heterocycles. The van der Waals surface area contributed by atoms with Gasteiger partial charge < -0.3 is 41.1 Å². The quantitative estimate of drug-likeness (QED) is 0.0848. The first-order chi connectivity index (χ1) is 23.9. The molecule has 8 N–H and O–H groups in total. The van der Waals surface area contributed by atoms with Crippen LogP contribution in [0.5, 0.6) is 5.75 Å². The first-order valence-electron chi connectivity index (χ1n) is 18.5. The number of aliphatic hydroxyl groups is 5. The van der Waals surface area contributed by atoms with Crippen LogP contribution in [0.4, 0.5) is 0 Å². The molecule has 0 spiro atoms. The van der Waals surface area contributed by atoms with E-state index >= 15 is 0 Å². The van der Waals surface area contributed by atoms with E-state index in [0.29, 0.717) is 25.7 Å². The normalized spacial score (nSPS) is 20.2. The highest BCUT2D eigenvalue weighted by Gasteiger charge is 2.32.